The zero-order chi connectivity index (χ0) is 28.6. The van der Waals surface area contributed by atoms with Crippen LogP contribution >= 0.6 is 23.1 Å². The second-order valence-electron chi connectivity index (χ2n) is 11.8. The average molecular weight is 598 g/mol. The summed E-state index contributed by atoms with van der Waals surface area (Å²) in [7, 11) is 0. The Morgan fingerprint density at radius 2 is 1.73 bits per heavy atom. The molecule has 10 nitrogen and oxygen atoms in total. The molecule has 2 saturated carbocycles. The molecule has 1 aromatic heterocycles. The van der Waals surface area contributed by atoms with E-state index in [0.717, 1.165) is 59.1 Å². The molecule has 2 aliphatic carbocycles. The van der Waals surface area contributed by atoms with Gasteiger partial charge in [0, 0.05) is 29.1 Å². The molecule has 3 aliphatic heterocycles. The highest BCUT2D eigenvalue weighted by Crippen LogP contribution is 2.68. The van der Waals surface area contributed by atoms with Crippen LogP contribution in [-0.2, 0) is 19.2 Å². The van der Waals surface area contributed by atoms with Gasteiger partial charge in [0.05, 0.1) is 16.9 Å². The molecule has 2 bridgehead atoms. The van der Waals surface area contributed by atoms with E-state index in [1.54, 1.807) is 11.8 Å². The molecule has 7 unspecified atom stereocenters. The van der Waals surface area contributed by atoms with Crippen molar-refractivity contribution < 1.29 is 29.0 Å². The van der Waals surface area contributed by atoms with Gasteiger partial charge in [0.15, 0.2) is 6.61 Å². The number of amides is 3. The molecule has 0 radical (unpaired) electrons. The number of carboxylic acids is 1. The number of aromatic amines is 1. The molecule has 2 N–H and O–H groups in total. The molecular weight excluding hydrogens is 566 g/mol. The van der Waals surface area contributed by atoms with Crippen molar-refractivity contribution in [3.05, 3.63) is 44.4 Å². The maximum atomic E-state index is 13.5. The number of nitrogens with one attached hydrogen (secondary N) is 1. The summed E-state index contributed by atoms with van der Waals surface area (Å²) in [5.41, 5.74) is 0.989. The van der Waals surface area contributed by atoms with Crippen molar-refractivity contribution in [3.8, 4) is 5.75 Å². The number of piperidine rings is 1. The number of fused-ring (bicyclic) bond motifs is 9. The van der Waals surface area contributed by atoms with Gasteiger partial charge < -0.3 is 19.7 Å². The van der Waals surface area contributed by atoms with Crippen molar-refractivity contribution in [3.63, 3.8) is 0 Å². The number of benzene rings is 1. The van der Waals surface area contributed by atoms with Crippen molar-refractivity contribution >= 4 is 46.8 Å². The predicted molar refractivity (Wildman–Crippen MR) is 150 cm³/mol. The van der Waals surface area contributed by atoms with Gasteiger partial charge in [-0.05, 0) is 68.1 Å². The molecule has 2 aromatic rings. The first-order chi connectivity index (χ1) is 19.7. The fourth-order valence-corrected chi connectivity index (χ4v) is 10.9. The van der Waals surface area contributed by atoms with Crippen molar-refractivity contribution in [1.29, 1.82) is 0 Å². The van der Waals surface area contributed by atoms with E-state index in [-0.39, 0.29) is 58.1 Å². The topological polar surface area (TPSA) is 137 Å². The highest BCUT2D eigenvalue weighted by molar-refractivity contribution is 8.00. The van der Waals surface area contributed by atoms with Crippen LogP contribution in [0.3, 0.4) is 0 Å². The molecule has 216 valence electrons. The molecule has 12 heteroatoms. The first-order valence-corrected chi connectivity index (χ1v) is 15.9. The molecule has 8 atom stereocenters. The Hall–Kier alpha value is -3.12. The average Bonchev–Trinajstić information content (AvgIpc) is 3.71. The number of carbonyl (C=O) groups excluding carboxylic acids is 3. The summed E-state index contributed by atoms with van der Waals surface area (Å²) in [6.07, 6.45) is 3.93. The van der Waals surface area contributed by atoms with Gasteiger partial charge >= 0.3 is 10.8 Å². The number of hydrogen-bond acceptors (Lipinski definition) is 8. The van der Waals surface area contributed by atoms with Crippen LogP contribution in [-0.4, -0.2) is 74.6 Å². The minimum atomic E-state index is -1.20. The molecule has 0 spiro atoms. The monoisotopic (exact) mass is 597 g/mol. The number of aliphatic carboxylic acids is 1. The maximum Gasteiger partial charge on any atom is 0.326 e. The number of carbonyl (C=O) groups is 4. The highest BCUT2D eigenvalue weighted by atomic mass is 32.2. The van der Waals surface area contributed by atoms with Crippen LogP contribution in [0, 0.1) is 29.6 Å². The number of likely N-dealkylation sites (tertiary alicyclic amines) is 2. The summed E-state index contributed by atoms with van der Waals surface area (Å²) in [5, 5.41) is 10.4. The van der Waals surface area contributed by atoms with Crippen LogP contribution in [0.4, 0.5) is 0 Å². The number of H-pyrrole nitrogens is 1. The first kappa shape index (κ1) is 26.8. The molecule has 2 saturated heterocycles. The fraction of sp³-hybridized carbons (Fsp3) is 0.552. The van der Waals surface area contributed by atoms with Crippen LogP contribution in [0.25, 0.3) is 0 Å². The Balaban J connectivity index is 1.16. The number of ether oxygens (including phenoxy) is 1. The molecule has 3 amide bonds. The minimum Gasteiger partial charge on any atom is -0.484 e. The van der Waals surface area contributed by atoms with Gasteiger partial charge in [-0.2, -0.15) is 0 Å². The zero-order valence-corrected chi connectivity index (χ0v) is 24.1. The van der Waals surface area contributed by atoms with Gasteiger partial charge in [-0.3, -0.25) is 24.1 Å². The number of imide groups is 1. The normalized spacial score (nSPS) is 32.5. The van der Waals surface area contributed by atoms with Crippen molar-refractivity contribution in [1.82, 2.24) is 14.8 Å². The molecule has 4 heterocycles. The minimum absolute atomic E-state index is 0.0120. The SMILES string of the molecule is CC(C(=O)O)N1C(=O)C2C3CC(C2C1=O)C1C3Sc2[nH]c(=O)sc2[C@@H]1c1ccc(OCC(=O)N2CCCCC2)cc1. The Morgan fingerprint density at radius 1 is 1.05 bits per heavy atom. The Bertz CT molecular complexity index is 1480. The third kappa shape index (κ3) is 4.16. The Labute approximate surface area is 244 Å². The summed E-state index contributed by atoms with van der Waals surface area (Å²) in [4.78, 5) is 70.2. The van der Waals surface area contributed by atoms with Crippen molar-refractivity contribution in [2.24, 2.45) is 29.6 Å². The van der Waals surface area contributed by atoms with Gasteiger partial charge in [-0.15, -0.1) is 11.8 Å². The van der Waals surface area contributed by atoms with Gasteiger partial charge in [-0.25, -0.2) is 4.79 Å². The van der Waals surface area contributed by atoms with Gasteiger partial charge in [0.2, 0.25) is 11.8 Å². The molecule has 1 aromatic carbocycles. The third-order valence-electron chi connectivity index (χ3n) is 9.81. The predicted octanol–water partition coefficient (Wildman–Crippen LogP) is 2.77. The van der Waals surface area contributed by atoms with E-state index in [4.69, 9.17) is 4.74 Å². The largest absolute Gasteiger partial charge is 0.484 e. The standard InChI is InChI=1S/C29H31N3O7S2/c1-13(28(36)37)32-26(34)21-16-11-17(22(21)27(32)35)23-20(16)19(24-25(40-23)30-29(38)41-24)14-5-7-15(8-6-14)39-12-18(33)31-9-3-2-4-10-31/h5-8,13,16-17,19-23H,2-4,9-12H2,1H3,(H,30,38)(H,36,37)/t13?,16?,17?,19-,20?,21?,22?,23?/m1/s1. The van der Waals surface area contributed by atoms with Crippen LogP contribution in [0.1, 0.15) is 49.0 Å². The second kappa shape index (κ2) is 10.0. The zero-order valence-electron chi connectivity index (χ0n) is 22.5. The van der Waals surface area contributed by atoms with E-state index in [1.165, 1.54) is 18.3 Å². The number of hydrogen-bond donors (Lipinski definition) is 2. The van der Waals surface area contributed by atoms with Crippen molar-refractivity contribution in [2.45, 2.75) is 54.8 Å². The van der Waals surface area contributed by atoms with Gasteiger partial charge in [0.25, 0.3) is 5.91 Å². The Morgan fingerprint density at radius 3 is 2.41 bits per heavy atom. The number of thioether (sulfide) groups is 1. The summed E-state index contributed by atoms with van der Waals surface area (Å²) in [6.45, 7) is 2.92. The van der Waals surface area contributed by atoms with E-state index in [0.29, 0.717) is 5.75 Å². The quantitative estimate of drug-likeness (QED) is 0.485. The number of rotatable bonds is 6. The van der Waals surface area contributed by atoms with Crippen LogP contribution < -0.4 is 9.61 Å². The molecule has 5 aliphatic rings. The first-order valence-electron chi connectivity index (χ1n) is 14.2. The highest BCUT2D eigenvalue weighted by Gasteiger charge is 2.70. The smallest absolute Gasteiger partial charge is 0.326 e. The number of nitrogens with zero attached hydrogens (tertiary/aromatic N) is 2. The Kier molecular flexibility index (Phi) is 6.53. The molecular formula is C29H31N3O7S2. The summed E-state index contributed by atoms with van der Waals surface area (Å²) in [5.74, 6) is -2.67. The van der Waals surface area contributed by atoms with Crippen LogP contribution in [0.2, 0.25) is 0 Å². The summed E-state index contributed by atoms with van der Waals surface area (Å²) in [6, 6.07) is 6.44. The van der Waals surface area contributed by atoms with E-state index < -0.39 is 23.8 Å². The number of thiazole rings is 1. The van der Waals surface area contributed by atoms with E-state index >= 15 is 0 Å². The number of aromatic nitrogens is 1. The van der Waals surface area contributed by atoms with Crippen LogP contribution in [0.15, 0.2) is 34.1 Å². The molecule has 4 fully saturated rings. The number of carboxylic acid groups (broad SMARTS) is 1. The van der Waals surface area contributed by atoms with Crippen LogP contribution in [0.5, 0.6) is 5.75 Å². The summed E-state index contributed by atoms with van der Waals surface area (Å²) < 4.78 is 5.82. The van der Waals surface area contributed by atoms with Gasteiger partial charge in [0.1, 0.15) is 11.8 Å². The fourth-order valence-electron chi connectivity index (χ4n) is 8.06. The maximum absolute atomic E-state index is 13.5. The van der Waals surface area contributed by atoms with E-state index in [2.05, 4.69) is 4.98 Å². The van der Waals surface area contributed by atoms with Crippen molar-refractivity contribution in [2.75, 3.05) is 19.7 Å². The molecule has 7 rings (SSSR count). The van der Waals surface area contributed by atoms with Gasteiger partial charge in [-0.1, -0.05) is 23.5 Å². The van der Waals surface area contributed by atoms with E-state index in [1.807, 2.05) is 29.2 Å². The van der Waals surface area contributed by atoms with E-state index in [9.17, 15) is 29.1 Å². The lowest BCUT2D eigenvalue weighted by molar-refractivity contribution is -0.154. The lowest BCUT2D eigenvalue weighted by Crippen LogP contribution is -2.44. The third-order valence-corrected chi connectivity index (χ3v) is 12.4. The lowest BCUT2D eigenvalue weighted by atomic mass is 9.68. The molecule has 41 heavy (non-hydrogen) atoms. The summed E-state index contributed by atoms with van der Waals surface area (Å²) >= 11 is 2.78. The lowest BCUT2D eigenvalue weighted by Gasteiger charge is -2.43. The second-order valence-corrected chi connectivity index (χ2v) is 14.0.